The first-order chi connectivity index (χ1) is 1.00. The standard InChI is InChI=1S/2Cs.O.W.2H/q2*+1;;;2*-1. The van der Waals surface area contributed by atoms with E-state index in [4.69, 9.17) is 3.40 Å². The summed E-state index contributed by atoms with van der Waals surface area (Å²) in [5.74, 6) is 0. The Kier molecular flexibility index (Phi) is 61.9. The Morgan fingerprint density at radius 2 is 1.25 bits per heavy atom. The van der Waals surface area contributed by atoms with Gasteiger partial charge in [-0.05, 0) is 0 Å². The van der Waals surface area contributed by atoms with Gasteiger partial charge in [-0.2, -0.15) is 0 Å². The van der Waals surface area contributed by atoms with Crippen LogP contribution < -0.4 is 138 Å². The van der Waals surface area contributed by atoms with E-state index in [9.17, 15) is 0 Å². The van der Waals surface area contributed by atoms with Gasteiger partial charge in [-0.1, -0.05) is 0 Å². The molecule has 0 aromatic heterocycles. The second kappa shape index (κ2) is 15.6. The predicted octanol–water partition coefficient (Wildman–Crippen LogP) is -5.89. The molecule has 0 spiro atoms. The van der Waals surface area contributed by atoms with Crippen molar-refractivity contribution in [3.05, 3.63) is 0 Å². The van der Waals surface area contributed by atoms with Crippen LogP contribution in [0.3, 0.4) is 0 Å². The summed E-state index contributed by atoms with van der Waals surface area (Å²) in [6.07, 6.45) is 0. The third kappa shape index (κ3) is 9.78. The van der Waals surface area contributed by atoms with E-state index in [0.29, 0.717) is 19.8 Å². The van der Waals surface area contributed by atoms with Gasteiger partial charge < -0.3 is 2.85 Å². The van der Waals surface area contributed by atoms with Gasteiger partial charge in [0.25, 0.3) is 0 Å². The fourth-order valence-corrected chi connectivity index (χ4v) is 0. The first kappa shape index (κ1) is 15.8. The van der Waals surface area contributed by atoms with Gasteiger partial charge >= 0.3 is 161 Å². The molecule has 0 atom stereocenters. The molecular formula is H2Cs2OW. The van der Waals surface area contributed by atoms with E-state index in [2.05, 4.69) is 0 Å². The molecule has 0 aliphatic heterocycles. The molecule has 0 bridgehead atoms. The van der Waals surface area contributed by atoms with Crippen LogP contribution in [0.5, 0.6) is 0 Å². The van der Waals surface area contributed by atoms with Crippen LogP contribution in [0.25, 0.3) is 0 Å². The molecule has 0 aliphatic carbocycles. The molecule has 0 aromatic rings. The molecule has 16 valence electrons. The number of hydrogen-bond acceptors (Lipinski definition) is 1. The Balaban J connectivity index is -0.000000000833. The molecular weight excluding hydrogens is 466 g/mol. The van der Waals surface area contributed by atoms with Gasteiger partial charge in [-0.25, -0.2) is 0 Å². The summed E-state index contributed by atoms with van der Waals surface area (Å²) in [5.41, 5.74) is 0. The van der Waals surface area contributed by atoms with Crippen LogP contribution in [-0.4, -0.2) is 0 Å². The van der Waals surface area contributed by atoms with Crippen molar-refractivity contribution >= 4 is 0 Å². The minimum absolute atomic E-state index is 0. The monoisotopic (exact) mass is 468 g/mol. The SMILES string of the molecule is [Cs+].[Cs+].[H-].[H-].[O]=[W]. The third-order valence-corrected chi connectivity index (χ3v) is 0. The van der Waals surface area contributed by atoms with Crippen molar-refractivity contribution < 1.29 is 164 Å². The Morgan fingerprint density at radius 3 is 1.25 bits per heavy atom. The van der Waals surface area contributed by atoms with Crippen molar-refractivity contribution in [1.29, 1.82) is 0 Å². The van der Waals surface area contributed by atoms with E-state index in [-0.39, 0.29) is 141 Å². The first-order valence-electron chi connectivity index (χ1n) is 0.167. The van der Waals surface area contributed by atoms with Gasteiger partial charge in [-0.3, -0.25) is 0 Å². The molecule has 0 saturated heterocycles. The third-order valence-electron chi connectivity index (χ3n) is 0. The van der Waals surface area contributed by atoms with Crippen molar-refractivity contribution in [3.63, 3.8) is 0 Å². The van der Waals surface area contributed by atoms with Crippen LogP contribution in [0.15, 0.2) is 0 Å². The van der Waals surface area contributed by atoms with Gasteiger partial charge in [0.15, 0.2) is 0 Å². The maximum absolute atomic E-state index is 8.33. The second-order valence-electron chi connectivity index (χ2n) is 0. The average Bonchev–Trinajstić information content (AvgIpc) is 1.00. The Hall–Kier alpha value is 4.59. The average molecular weight is 468 g/mol. The molecule has 0 N–H and O–H groups in total. The van der Waals surface area contributed by atoms with E-state index < -0.39 is 0 Å². The normalized spacial score (nSPS) is 1.00. The molecule has 0 radical (unpaired) electrons. The van der Waals surface area contributed by atoms with Crippen LogP contribution in [-0.2, 0) is 23.2 Å². The molecule has 0 heterocycles. The van der Waals surface area contributed by atoms with E-state index in [0.717, 1.165) is 0 Å². The van der Waals surface area contributed by atoms with Gasteiger partial charge in [0.05, 0.1) is 0 Å². The Bertz CT molecular complexity index is 11.5. The van der Waals surface area contributed by atoms with E-state index >= 15 is 0 Å². The number of hydrogen-bond donors (Lipinski definition) is 0. The number of rotatable bonds is 0. The van der Waals surface area contributed by atoms with E-state index in [1.54, 1.807) is 0 Å². The van der Waals surface area contributed by atoms with Crippen molar-refractivity contribution in [3.8, 4) is 0 Å². The Labute approximate surface area is 157 Å². The maximum atomic E-state index is 8.33. The molecule has 4 heteroatoms. The van der Waals surface area contributed by atoms with Gasteiger partial charge in [-0.15, -0.1) is 0 Å². The molecule has 0 saturated carbocycles. The van der Waals surface area contributed by atoms with Crippen LogP contribution in [0.1, 0.15) is 2.85 Å². The van der Waals surface area contributed by atoms with Crippen LogP contribution in [0, 0.1) is 0 Å². The summed E-state index contributed by atoms with van der Waals surface area (Å²) in [4.78, 5) is 0. The quantitative estimate of drug-likeness (QED) is 0.347. The zero-order chi connectivity index (χ0) is 2.00. The predicted molar refractivity (Wildman–Crippen MR) is 2.91 cm³/mol. The van der Waals surface area contributed by atoms with Gasteiger partial charge in [0.2, 0.25) is 0 Å². The van der Waals surface area contributed by atoms with Crippen LogP contribution >= 0.6 is 0 Å². The summed E-state index contributed by atoms with van der Waals surface area (Å²) in [6.45, 7) is 0. The zero-order valence-electron chi connectivity index (χ0n) is 4.82. The summed E-state index contributed by atoms with van der Waals surface area (Å²) in [7, 11) is 0. The molecule has 0 aliphatic rings. The van der Waals surface area contributed by atoms with E-state index in [1.165, 1.54) is 0 Å². The summed E-state index contributed by atoms with van der Waals surface area (Å²) in [6, 6.07) is 0. The fourth-order valence-electron chi connectivity index (χ4n) is 0. The molecule has 0 unspecified atom stereocenters. The van der Waals surface area contributed by atoms with Crippen LogP contribution in [0.4, 0.5) is 0 Å². The molecule has 0 amide bonds. The fraction of sp³-hybridized carbons (Fsp3) is 0. The zero-order valence-corrected chi connectivity index (χ0v) is 18.3. The molecule has 4 heavy (non-hydrogen) atoms. The van der Waals surface area contributed by atoms with Crippen LogP contribution in [0.2, 0.25) is 0 Å². The van der Waals surface area contributed by atoms with Crippen molar-refractivity contribution in [2.24, 2.45) is 0 Å². The van der Waals surface area contributed by atoms with Gasteiger partial charge in [0, 0.05) is 0 Å². The summed E-state index contributed by atoms with van der Waals surface area (Å²) >= 11 is 0.333. The summed E-state index contributed by atoms with van der Waals surface area (Å²) in [5, 5.41) is 0. The molecule has 1 nitrogen and oxygen atoms in total. The summed E-state index contributed by atoms with van der Waals surface area (Å²) < 4.78 is 8.33. The van der Waals surface area contributed by atoms with E-state index in [1.807, 2.05) is 0 Å². The second-order valence-corrected chi connectivity index (χ2v) is 0. The van der Waals surface area contributed by atoms with Gasteiger partial charge in [0.1, 0.15) is 0 Å². The molecule has 0 rings (SSSR count). The Morgan fingerprint density at radius 1 is 1.25 bits per heavy atom. The first-order valence-corrected chi connectivity index (χ1v) is 1.36. The molecule has 0 fully saturated rings. The minimum atomic E-state index is 0. The molecule has 0 aromatic carbocycles. The van der Waals surface area contributed by atoms with Crippen molar-refractivity contribution in [2.75, 3.05) is 0 Å². The van der Waals surface area contributed by atoms with Crippen molar-refractivity contribution in [1.82, 2.24) is 0 Å². The topological polar surface area (TPSA) is 17.1 Å². The van der Waals surface area contributed by atoms with Crippen molar-refractivity contribution in [2.45, 2.75) is 0 Å².